The van der Waals surface area contributed by atoms with E-state index in [4.69, 9.17) is 9.47 Å². The highest BCUT2D eigenvalue weighted by molar-refractivity contribution is 6.06. The topological polar surface area (TPSA) is 68.2 Å². The molecule has 2 fully saturated rings. The Morgan fingerprint density at radius 3 is 2.15 bits per heavy atom. The second-order valence-corrected chi connectivity index (χ2v) is 7.15. The lowest BCUT2D eigenvalue weighted by Crippen LogP contribution is -2.38. The van der Waals surface area contributed by atoms with Crippen LogP contribution in [-0.2, 0) is 9.59 Å². The summed E-state index contributed by atoms with van der Waals surface area (Å²) < 4.78 is 11.2. The number of imide groups is 1. The molecule has 4 aliphatic rings. The summed E-state index contributed by atoms with van der Waals surface area (Å²) in [5, 5.41) is 5.31. The van der Waals surface area contributed by atoms with E-state index in [-0.39, 0.29) is 35.5 Å². The predicted octanol–water partition coefficient (Wildman–Crippen LogP) is 3.02. The molecule has 142 valence electrons. The SMILES string of the molecule is CCOc1ccc(/C=N\N2C(=O)[C@@H]3[C@@H](C2=O)[C@H]2C=C[C@H]3CC2)cc1OCC. The lowest BCUT2D eigenvalue weighted by Gasteiger charge is -2.37. The monoisotopic (exact) mass is 368 g/mol. The van der Waals surface area contributed by atoms with Crippen LogP contribution in [0.15, 0.2) is 35.5 Å². The number of carbonyl (C=O) groups excluding carboxylic acids is 2. The minimum atomic E-state index is -0.238. The summed E-state index contributed by atoms with van der Waals surface area (Å²) in [5.41, 5.74) is 0.749. The van der Waals surface area contributed by atoms with Gasteiger partial charge in [-0.1, -0.05) is 12.2 Å². The average Bonchev–Trinajstić information content (AvgIpc) is 2.96. The van der Waals surface area contributed by atoms with E-state index in [2.05, 4.69) is 17.3 Å². The van der Waals surface area contributed by atoms with Crippen molar-refractivity contribution >= 4 is 18.0 Å². The molecule has 0 spiro atoms. The molecule has 3 aliphatic carbocycles. The van der Waals surface area contributed by atoms with Crippen LogP contribution >= 0.6 is 0 Å². The summed E-state index contributed by atoms with van der Waals surface area (Å²) in [5.74, 6) is 0.818. The fourth-order valence-corrected chi connectivity index (χ4v) is 4.44. The quantitative estimate of drug-likeness (QED) is 0.440. The van der Waals surface area contributed by atoms with E-state index < -0.39 is 0 Å². The zero-order valence-electron chi connectivity index (χ0n) is 15.6. The molecule has 1 aromatic carbocycles. The van der Waals surface area contributed by atoms with Gasteiger partial charge < -0.3 is 9.47 Å². The molecule has 2 amide bonds. The van der Waals surface area contributed by atoms with Crippen molar-refractivity contribution in [3.63, 3.8) is 0 Å². The number of hydrogen-bond donors (Lipinski definition) is 0. The minimum Gasteiger partial charge on any atom is -0.490 e. The van der Waals surface area contributed by atoms with Crippen LogP contribution in [0, 0.1) is 23.7 Å². The van der Waals surface area contributed by atoms with Crippen molar-refractivity contribution in [1.82, 2.24) is 5.01 Å². The molecule has 1 saturated heterocycles. The number of hydrogen-bond acceptors (Lipinski definition) is 5. The molecule has 0 N–H and O–H groups in total. The largest absolute Gasteiger partial charge is 0.490 e. The summed E-state index contributed by atoms with van der Waals surface area (Å²) in [6, 6.07) is 5.45. The Morgan fingerprint density at radius 1 is 1.00 bits per heavy atom. The summed E-state index contributed by atoms with van der Waals surface area (Å²) in [4.78, 5) is 25.6. The lowest BCUT2D eigenvalue weighted by molar-refractivity contribution is -0.140. The van der Waals surface area contributed by atoms with E-state index in [1.807, 2.05) is 26.0 Å². The highest BCUT2D eigenvalue weighted by atomic mass is 16.5. The number of carbonyl (C=O) groups is 2. The fourth-order valence-electron chi connectivity index (χ4n) is 4.44. The third-order valence-electron chi connectivity index (χ3n) is 5.63. The van der Waals surface area contributed by atoms with Crippen LogP contribution in [-0.4, -0.2) is 36.3 Å². The van der Waals surface area contributed by atoms with Gasteiger partial charge in [-0.3, -0.25) is 9.59 Å². The van der Waals surface area contributed by atoms with E-state index in [9.17, 15) is 9.59 Å². The molecule has 1 saturated carbocycles. The smallest absolute Gasteiger partial charge is 0.254 e. The average molecular weight is 368 g/mol. The maximum absolute atomic E-state index is 12.8. The molecule has 0 unspecified atom stereocenters. The maximum atomic E-state index is 12.8. The number of hydrazone groups is 1. The van der Waals surface area contributed by atoms with Gasteiger partial charge in [-0.15, -0.1) is 0 Å². The van der Waals surface area contributed by atoms with Gasteiger partial charge in [0.25, 0.3) is 11.8 Å². The standard InChI is InChI=1S/C21H24N2O4/c1-3-26-16-10-5-13(11-17(16)27-4-2)12-22-23-20(24)18-14-6-7-15(9-8-14)19(18)21(23)25/h5-7,10-12,14-15,18-19H,3-4,8-9H2,1-2H3/b22-12-/t14-,15-,18-,19-/m0/s1. The Hall–Kier alpha value is -2.63. The zero-order chi connectivity index (χ0) is 19.0. The van der Waals surface area contributed by atoms with E-state index >= 15 is 0 Å². The number of benzene rings is 1. The number of fused-ring (bicyclic) bond motifs is 1. The van der Waals surface area contributed by atoms with Gasteiger partial charge in [0.15, 0.2) is 11.5 Å². The first-order valence-electron chi connectivity index (χ1n) is 9.63. The second kappa shape index (κ2) is 7.18. The highest BCUT2D eigenvalue weighted by Gasteiger charge is 2.56. The van der Waals surface area contributed by atoms with Gasteiger partial charge >= 0.3 is 0 Å². The predicted molar refractivity (Wildman–Crippen MR) is 101 cm³/mol. The Balaban J connectivity index is 1.56. The lowest BCUT2D eigenvalue weighted by atomic mass is 9.63. The molecular formula is C21H24N2O4. The van der Waals surface area contributed by atoms with E-state index in [0.717, 1.165) is 23.4 Å². The van der Waals surface area contributed by atoms with Crippen molar-refractivity contribution in [2.75, 3.05) is 13.2 Å². The van der Waals surface area contributed by atoms with Gasteiger partial charge in [-0.05, 0) is 62.3 Å². The molecule has 0 radical (unpaired) electrons. The van der Waals surface area contributed by atoms with Crippen LogP contribution in [0.3, 0.4) is 0 Å². The van der Waals surface area contributed by atoms with Gasteiger partial charge in [-0.25, -0.2) is 0 Å². The van der Waals surface area contributed by atoms with Crippen LogP contribution in [0.25, 0.3) is 0 Å². The molecule has 27 heavy (non-hydrogen) atoms. The van der Waals surface area contributed by atoms with Crippen LogP contribution in [0.4, 0.5) is 0 Å². The first kappa shape index (κ1) is 17.8. The first-order chi connectivity index (χ1) is 13.1. The zero-order valence-corrected chi connectivity index (χ0v) is 15.6. The van der Waals surface area contributed by atoms with Crippen LogP contribution < -0.4 is 9.47 Å². The molecule has 4 atom stereocenters. The summed E-state index contributed by atoms with van der Waals surface area (Å²) in [7, 11) is 0. The first-order valence-corrected chi connectivity index (χ1v) is 9.63. The number of ether oxygens (including phenoxy) is 2. The molecule has 6 nitrogen and oxygen atoms in total. The number of nitrogens with zero attached hydrogens (tertiary/aromatic N) is 2. The van der Waals surface area contributed by atoms with Crippen molar-refractivity contribution in [2.24, 2.45) is 28.8 Å². The molecule has 1 aliphatic heterocycles. The van der Waals surface area contributed by atoms with E-state index in [1.165, 1.54) is 0 Å². The van der Waals surface area contributed by atoms with Crippen molar-refractivity contribution in [2.45, 2.75) is 26.7 Å². The van der Waals surface area contributed by atoms with Crippen molar-refractivity contribution < 1.29 is 19.1 Å². The molecule has 1 aromatic rings. The Morgan fingerprint density at radius 2 is 1.59 bits per heavy atom. The summed E-state index contributed by atoms with van der Waals surface area (Å²) in [6.45, 7) is 4.88. The highest BCUT2D eigenvalue weighted by Crippen LogP contribution is 2.49. The minimum absolute atomic E-state index is 0.170. The second-order valence-electron chi connectivity index (χ2n) is 7.15. The van der Waals surface area contributed by atoms with Crippen molar-refractivity contribution in [1.29, 1.82) is 0 Å². The van der Waals surface area contributed by atoms with Gasteiger partial charge in [0.05, 0.1) is 31.3 Å². The molecule has 2 bridgehead atoms. The van der Waals surface area contributed by atoms with Crippen LogP contribution in [0.5, 0.6) is 11.5 Å². The molecule has 5 rings (SSSR count). The third kappa shape index (κ3) is 3.03. The van der Waals surface area contributed by atoms with Gasteiger partial charge in [0.2, 0.25) is 0 Å². The maximum Gasteiger partial charge on any atom is 0.254 e. The number of allylic oxidation sites excluding steroid dienone is 2. The van der Waals surface area contributed by atoms with Crippen LogP contribution in [0.2, 0.25) is 0 Å². The fraction of sp³-hybridized carbons (Fsp3) is 0.476. The van der Waals surface area contributed by atoms with E-state index in [1.54, 1.807) is 12.3 Å². The molecule has 6 heteroatoms. The summed E-state index contributed by atoms with van der Waals surface area (Å²) in [6.07, 6.45) is 7.72. The summed E-state index contributed by atoms with van der Waals surface area (Å²) >= 11 is 0. The van der Waals surface area contributed by atoms with Crippen LogP contribution in [0.1, 0.15) is 32.3 Å². The molecule has 1 heterocycles. The van der Waals surface area contributed by atoms with E-state index in [0.29, 0.717) is 24.7 Å². The van der Waals surface area contributed by atoms with Crippen molar-refractivity contribution in [3.8, 4) is 11.5 Å². The Kier molecular flexibility index (Phi) is 4.72. The molecule has 0 aromatic heterocycles. The van der Waals surface area contributed by atoms with Gasteiger partial charge in [0, 0.05) is 0 Å². The normalized spacial score (nSPS) is 28.9. The van der Waals surface area contributed by atoms with Gasteiger partial charge in [0.1, 0.15) is 0 Å². The number of amides is 2. The molecular weight excluding hydrogens is 344 g/mol. The van der Waals surface area contributed by atoms with Gasteiger partial charge in [-0.2, -0.15) is 10.1 Å². The van der Waals surface area contributed by atoms with Crippen molar-refractivity contribution in [3.05, 3.63) is 35.9 Å². The third-order valence-corrected chi connectivity index (χ3v) is 5.63. The Bertz CT molecular complexity index is 784. The number of rotatable bonds is 6. The Labute approximate surface area is 158 Å².